The number of aromatic nitrogens is 3. The Morgan fingerprint density at radius 3 is 2.59 bits per heavy atom. The number of imide groups is 1. The Morgan fingerprint density at radius 2 is 1.95 bits per heavy atom. The summed E-state index contributed by atoms with van der Waals surface area (Å²) < 4.78 is 1.61. The molecule has 0 aliphatic carbocycles. The van der Waals surface area contributed by atoms with Crippen molar-refractivity contribution in [1.82, 2.24) is 19.9 Å². The van der Waals surface area contributed by atoms with Gasteiger partial charge < -0.3 is 10.4 Å². The molecule has 2 N–H and O–H groups in total. The number of hydrogen-bond acceptors (Lipinski definition) is 6. The average Bonchev–Trinajstić information content (AvgIpc) is 3.13. The number of rotatable bonds is 5. The van der Waals surface area contributed by atoms with Crippen molar-refractivity contribution in [2.24, 2.45) is 0 Å². The lowest BCUT2D eigenvalue weighted by molar-refractivity contribution is -0.137. The van der Waals surface area contributed by atoms with Crippen LogP contribution in [0.4, 0.5) is 5.69 Å². The lowest BCUT2D eigenvalue weighted by Gasteiger charge is -2.13. The van der Waals surface area contributed by atoms with E-state index in [0.717, 1.165) is 10.6 Å². The van der Waals surface area contributed by atoms with E-state index in [2.05, 4.69) is 15.6 Å². The van der Waals surface area contributed by atoms with Crippen LogP contribution < -0.4 is 5.32 Å². The summed E-state index contributed by atoms with van der Waals surface area (Å²) in [5.74, 6) is -0.875. The van der Waals surface area contributed by atoms with Gasteiger partial charge in [-0.1, -0.05) is 5.21 Å². The molecular formula is C14H13N5O3. The van der Waals surface area contributed by atoms with Crippen LogP contribution in [0.2, 0.25) is 0 Å². The summed E-state index contributed by atoms with van der Waals surface area (Å²) in [5, 5.41) is 19.4. The zero-order valence-corrected chi connectivity index (χ0v) is 11.5. The molecule has 1 aromatic carbocycles. The molecule has 0 spiro atoms. The van der Waals surface area contributed by atoms with Gasteiger partial charge in [-0.2, -0.15) is 0 Å². The van der Waals surface area contributed by atoms with Crippen molar-refractivity contribution in [3.8, 4) is 5.69 Å². The molecule has 1 aliphatic rings. The molecular weight excluding hydrogens is 286 g/mol. The van der Waals surface area contributed by atoms with Crippen molar-refractivity contribution >= 4 is 17.5 Å². The summed E-state index contributed by atoms with van der Waals surface area (Å²) >= 11 is 0. The maximum Gasteiger partial charge on any atom is 0.277 e. The van der Waals surface area contributed by atoms with E-state index in [1.807, 2.05) is 12.1 Å². The zero-order valence-electron chi connectivity index (χ0n) is 11.5. The maximum atomic E-state index is 12.0. The Labute approximate surface area is 125 Å². The first kappa shape index (κ1) is 14.0. The first-order valence-electron chi connectivity index (χ1n) is 6.61. The fourth-order valence-electron chi connectivity index (χ4n) is 2.11. The monoisotopic (exact) mass is 299 g/mol. The molecule has 2 heterocycles. The van der Waals surface area contributed by atoms with Gasteiger partial charge in [-0.3, -0.25) is 14.5 Å². The summed E-state index contributed by atoms with van der Waals surface area (Å²) in [5.41, 5.74) is 1.68. The van der Waals surface area contributed by atoms with Crippen LogP contribution in [-0.4, -0.2) is 50.0 Å². The third-order valence-electron chi connectivity index (χ3n) is 3.17. The van der Waals surface area contributed by atoms with Gasteiger partial charge in [0.25, 0.3) is 11.8 Å². The largest absolute Gasteiger partial charge is 0.395 e. The molecule has 8 nitrogen and oxygen atoms in total. The van der Waals surface area contributed by atoms with E-state index in [4.69, 9.17) is 5.11 Å². The molecule has 1 aliphatic heterocycles. The fraction of sp³-hybridized carbons (Fsp3) is 0.143. The molecule has 1 aromatic heterocycles. The Balaban J connectivity index is 1.73. The van der Waals surface area contributed by atoms with Gasteiger partial charge in [0.1, 0.15) is 5.70 Å². The van der Waals surface area contributed by atoms with Crippen LogP contribution in [-0.2, 0) is 9.59 Å². The topological polar surface area (TPSA) is 100 Å². The third kappa shape index (κ3) is 2.59. The van der Waals surface area contributed by atoms with E-state index < -0.39 is 11.8 Å². The van der Waals surface area contributed by atoms with Crippen LogP contribution in [0.25, 0.3) is 5.69 Å². The van der Waals surface area contributed by atoms with Crippen molar-refractivity contribution in [2.45, 2.75) is 0 Å². The second-order valence-electron chi connectivity index (χ2n) is 4.60. The summed E-state index contributed by atoms with van der Waals surface area (Å²) in [6.07, 6.45) is 4.52. The minimum absolute atomic E-state index is 0.00934. The Hall–Kier alpha value is -3.00. The SMILES string of the molecule is O=C1C=C(Nc2ccc(-n3ccnn3)cc2)C(=O)N1CCO. The van der Waals surface area contributed by atoms with Gasteiger partial charge in [-0.15, -0.1) is 5.10 Å². The molecule has 0 saturated carbocycles. The van der Waals surface area contributed by atoms with E-state index in [1.54, 1.807) is 29.2 Å². The molecule has 0 fully saturated rings. The summed E-state index contributed by atoms with van der Waals surface area (Å²) in [6, 6.07) is 7.16. The predicted octanol–water partition coefficient (Wildman–Crippen LogP) is -0.0758. The van der Waals surface area contributed by atoms with Crippen LogP contribution in [0.1, 0.15) is 0 Å². The van der Waals surface area contributed by atoms with Crippen molar-refractivity contribution in [1.29, 1.82) is 0 Å². The highest BCUT2D eigenvalue weighted by Crippen LogP contribution is 2.18. The normalized spacial score (nSPS) is 14.4. The van der Waals surface area contributed by atoms with E-state index in [9.17, 15) is 9.59 Å². The van der Waals surface area contributed by atoms with E-state index >= 15 is 0 Å². The van der Waals surface area contributed by atoms with Gasteiger partial charge in [0.05, 0.1) is 31.2 Å². The lowest BCUT2D eigenvalue weighted by Crippen LogP contribution is -2.34. The molecule has 112 valence electrons. The van der Waals surface area contributed by atoms with Crippen molar-refractivity contribution in [2.75, 3.05) is 18.5 Å². The molecule has 22 heavy (non-hydrogen) atoms. The maximum absolute atomic E-state index is 12.0. The number of hydrogen-bond donors (Lipinski definition) is 2. The third-order valence-corrected chi connectivity index (χ3v) is 3.17. The molecule has 0 atom stereocenters. The molecule has 2 aromatic rings. The van der Waals surface area contributed by atoms with E-state index in [-0.39, 0.29) is 18.8 Å². The Bertz CT molecular complexity index is 721. The number of β-amino-alcohol motifs (C(OH)–C–C–N with tert-alkyl or cyclic N) is 1. The van der Waals surface area contributed by atoms with Crippen LogP contribution in [0, 0.1) is 0 Å². The van der Waals surface area contributed by atoms with Crippen LogP contribution in [0.3, 0.4) is 0 Å². The summed E-state index contributed by atoms with van der Waals surface area (Å²) in [4.78, 5) is 24.6. The Morgan fingerprint density at radius 1 is 1.18 bits per heavy atom. The molecule has 0 saturated heterocycles. The summed E-state index contributed by atoms with van der Waals surface area (Å²) in [7, 11) is 0. The molecule has 0 unspecified atom stereocenters. The van der Waals surface area contributed by atoms with Crippen LogP contribution >= 0.6 is 0 Å². The first-order valence-corrected chi connectivity index (χ1v) is 6.61. The van der Waals surface area contributed by atoms with Gasteiger partial charge in [-0.25, -0.2) is 4.68 Å². The molecule has 8 heteroatoms. The van der Waals surface area contributed by atoms with Crippen LogP contribution in [0.5, 0.6) is 0 Å². The number of amides is 2. The number of benzene rings is 1. The number of carbonyl (C=O) groups excluding carboxylic acids is 2. The molecule has 2 amide bonds. The number of aliphatic hydroxyl groups is 1. The second kappa shape index (κ2) is 5.78. The van der Waals surface area contributed by atoms with E-state index in [0.29, 0.717) is 5.69 Å². The van der Waals surface area contributed by atoms with Gasteiger partial charge in [0.2, 0.25) is 0 Å². The smallest absolute Gasteiger partial charge is 0.277 e. The number of nitrogens with one attached hydrogen (secondary N) is 1. The molecule has 0 bridgehead atoms. The first-order chi connectivity index (χ1) is 10.7. The minimum atomic E-state index is -0.445. The van der Waals surface area contributed by atoms with Gasteiger partial charge in [-0.05, 0) is 24.3 Å². The van der Waals surface area contributed by atoms with Gasteiger partial charge in [0, 0.05) is 11.8 Å². The number of nitrogens with zero attached hydrogens (tertiary/aromatic N) is 4. The molecule has 3 rings (SSSR count). The van der Waals surface area contributed by atoms with E-state index in [1.165, 1.54) is 6.08 Å². The highest BCUT2D eigenvalue weighted by Gasteiger charge is 2.30. The number of carbonyl (C=O) groups is 2. The zero-order chi connectivity index (χ0) is 15.5. The van der Waals surface area contributed by atoms with Crippen molar-refractivity contribution < 1.29 is 14.7 Å². The fourth-order valence-corrected chi connectivity index (χ4v) is 2.11. The standard InChI is InChI=1S/C14H13N5O3/c20-8-7-18-13(21)9-12(14(18)22)16-10-1-3-11(4-2-10)19-6-5-15-17-19/h1-6,9,16,20H,7-8H2. The van der Waals surface area contributed by atoms with Crippen molar-refractivity contribution in [3.05, 3.63) is 48.4 Å². The Kier molecular flexibility index (Phi) is 3.67. The number of aliphatic hydroxyl groups excluding tert-OH is 1. The van der Waals surface area contributed by atoms with Crippen LogP contribution in [0.15, 0.2) is 48.4 Å². The minimum Gasteiger partial charge on any atom is -0.395 e. The molecule has 0 radical (unpaired) electrons. The highest BCUT2D eigenvalue weighted by molar-refractivity contribution is 6.17. The lowest BCUT2D eigenvalue weighted by atomic mass is 10.2. The predicted molar refractivity (Wildman–Crippen MR) is 76.9 cm³/mol. The average molecular weight is 299 g/mol. The van der Waals surface area contributed by atoms with Crippen molar-refractivity contribution in [3.63, 3.8) is 0 Å². The highest BCUT2D eigenvalue weighted by atomic mass is 16.3. The quantitative estimate of drug-likeness (QED) is 0.749. The number of anilines is 1. The summed E-state index contributed by atoms with van der Waals surface area (Å²) in [6.45, 7) is -0.268. The second-order valence-corrected chi connectivity index (χ2v) is 4.60. The van der Waals surface area contributed by atoms with Gasteiger partial charge >= 0.3 is 0 Å². The van der Waals surface area contributed by atoms with Gasteiger partial charge in [0.15, 0.2) is 0 Å².